The summed E-state index contributed by atoms with van der Waals surface area (Å²) < 4.78 is 0. The number of hydrogen-bond acceptors (Lipinski definition) is 5. The van der Waals surface area contributed by atoms with Crippen molar-refractivity contribution in [3.63, 3.8) is 0 Å². The van der Waals surface area contributed by atoms with Gasteiger partial charge in [-0.15, -0.1) is 0 Å². The first-order valence-electron chi connectivity index (χ1n) is 6.51. The molecule has 100 valence electrons. The predicted molar refractivity (Wildman–Crippen MR) is 72.3 cm³/mol. The van der Waals surface area contributed by atoms with Gasteiger partial charge in [0.15, 0.2) is 0 Å². The summed E-state index contributed by atoms with van der Waals surface area (Å²) in [5.41, 5.74) is 6.89. The molecule has 2 rings (SSSR count). The summed E-state index contributed by atoms with van der Waals surface area (Å²) in [4.78, 5) is 13.7. The fourth-order valence-electron chi connectivity index (χ4n) is 2.30. The van der Waals surface area contributed by atoms with Gasteiger partial charge in [-0.2, -0.15) is 0 Å². The van der Waals surface area contributed by atoms with Gasteiger partial charge >= 0.3 is 0 Å². The maximum atomic E-state index is 5.78. The minimum atomic E-state index is 0.155. The lowest BCUT2D eigenvalue weighted by Crippen LogP contribution is -2.45. The Kier molecular flexibility index (Phi) is 4.27. The Labute approximate surface area is 109 Å². The van der Waals surface area contributed by atoms with E-state index in [0.717, 1.165) is 37.4 Å². The summed E-state index contributed by atoms with van der Waals surface area (Å²) >= 11 is 0. The first kappa shape index (κ1) is 13.4. The number of nitrogens with two attached hydrogens (primary N) is 1. The molecule has 0 aromatic carbocycles. The third-order valence-corrected chi connectivity index (χ3v) is 3.43. The molecule has 1 aliphatic heterocycles. The summed E-state index contributed by atoms with van der Waals surface area (Å²) in [6.45, 7) is 5.16. The molecule has 0 aliphatic carbocycles. The SMILES string of the molecule is CC(N)Cc1cnc(C2CN(C)CCN2C)nc1. The lowest BCUT2D eigenvalue weighted by Gasteiger charge is -2.36. The van der Waals surface area contributed by atoms with Crippen molar-refractivity contribution in [2.45, 2.75) is 25.4 Å². The minimum Gasteiger partial charge on any atom is -0.328 e. The summed E-state index contributed by atoms with van der Waals surface area (Å²) in [7, 11) is 4.28. The van der Waals surface area contributed by atoms with Crippen LogP contribution in [0.4, 0.5) is 0 Å². The van der Waals surface area contributed by atoms with Crippen LogP contribution < -0.4 is 5.73 Å². The van der Waals surface area contributed by atoms with Crippen LogP contribution in [0.3, 0.4) is 0 Å². The van der Waals surface area contributed by atoms with Gasteiger partial charge in [-0.1, -0.05) is 0 Å². The van der Waals surface area contributed by atoms with E-state index in [4.69, 9.17) is 5.73 Å². The molecule has 0 amide bonds. The zero-order valence-electron chi connectivity index (χ0n) is 11.5. The fraction of sp³-hybridized carbons (Fsp3) is 0.692. The molecule has 0 bridgehead atoms. The quantitative estimate of drug-likeness (QED) is 0.834. The molecule has 1 aromatic rings. The van der Waals surface area contributed by atoms with Gasteiger partial charge in [-0.3, -0.25) is 4.90 Å². The van der Waals surface area contributed by atoms with Crippen LogP contribution in [0.1, 0.15) is 24.4 Å². The molecule has 2 atom stereocenters. The highest BCUT2D eigenvalue weighted by Gasteiger charge is 2.25. The molecule has 1 aromatic heterocycles. The van der Waals surface area contributed by atoms with Gasteiger partial charge in [-0.05, 0) is 33.0 Å². The normalized spacial score (nSPS) is 24.1. The molecule has 0 saturated carbocycles. The van der Waals surface area contributed by atoms with Crippen LogP contribution in [-0.4, -0.2) is 59.5 Å². The van der Waals surface area contributed by atoms with E-state index >= 15 is 0 Å². The largest absolute Gasteiger partial charge is 0.328 e. The Morgan fingerprint density at radius 2 is 2.00 bits per heavy atom. The van der Waals surface area contributed by atoms with Gasteiger partial charge in [0.2, 0.25) is 0 Å². The van der Waals surface area contributed by atoms with Crippen LogP contribution in [-0.2, 0) is 6.42 Å². The van der Waals surface area contributed by atoms with Crippen LogP contribution in [0.2, 0.25) is 0 Å². The maximum Gasteiger partial charge on any atom is 0.146 e. The summed E-state index contributed by atoms with van der Waals surface area (Å²) in [6.07, 6.45) is 4.66. The third kappa shape index (κ3) is 3.25. The standard InChI is InChI=1S/C13H23N5/c1-10(14)6-11-7-15-13(16-8-11)12-9-17(2)4-5-18(12)3/h7-8,10,12H,4-6,9,14H2,1-3H3. The van der Waals surface area contributed by atoms with Crippen molar-refractivity contribution < 1.29 is 0 Å². The van der Waals surface area contributed by atoms with Gasteiger partial charge in [-0.25, -0.2) is 9.97 Å². The zero-order valence-corrected chi connectivity index (χ0v) is 11.5. The average molecular weight is 249 g/mol. The average Bonchev–Trinajstić information content (AvgIpc) is 2.33. The number of nitrogens with zero attached hydrogens (tertiary/aromatic N) is 4. The molecule has 2 unspecified atom stereocenters. The van der Waals surface area contributed by atoms with E-state index in [1.54, 1.807) is 0 Å². The van der Waals surface area contributed by atoms with Crippen LogP contribution in [0.25, 0.3) is 0 Å². The summed E-state index contributed by atoms with van der Waals surface area (Å²) in [5, 5.41) is 0. The smallest absolute Gasteiger partial charge is 0.146 e. The van der Waals surface area contributed by atoms with E-state index in [2.05, 4.69) is 33.9 Å². The van der Waals surface area contributed by atoms with Gasteiger partial charge < -0.3 is 10.6 Å². The second kappa shape index (κ2) is 5.73. The monoisotopic (exact) mass is 249 g/mol. The van der Waals surface area contributed by atoms with Crippen molar-refractivity contribution in [3.8, 4) is 0 Å². The second-order valence-electron chi connectivity index (χ2n) is 5.39. The topological polar surface area (TPSA) is 58.3 Å². The molecule has 2 heterocycles. The molecule has 1 aliphatic rings. The van der Waals surface area contributed by atoms with Crippen molar-refractivity contribution in [2.24, 2.45) is 5.73 Å². The zero-order chi connectivity index (χ0) is 13.1. The minimum absolute atomic E-state index is 0.155. The Balaban J connectivity index is 2.08. The number of piperazine rings is 1. The van der Waals surface area contributed by atoms with E-state index in [0.29, 0.717) is 6.04 Å². The Morgan fingerprint density at radius 1 is 1.33 bits per heavy atom. The highest BCUT2D eigenvalue weighted by atomic mass is 15.3. The third-order valence-electron chi connectivity index (χ3n) is 3.43. The Bertz CT molecular complexity index is 375. The van der Waals surface area contributed by atoms with Crippen molar-refractivity contribution in [2.75, 3.05) is 33.7 Å². The lowest BCUT2D eigenvalue weighted by molar-refractivity contribution is 0.109. The lowest BCUT2D eigenvalue weighted by atomic mass is 10.1. The number of likely N-dealkylation sites (N-methyl/N-ethyl adjacent to an activating group) is 2. The Hall–Kier alpha value is -1.04. The first-order chi connectivity index (χ1) is 8.56. The van der Waals surface area contributed by atoms with Crippen molar-refractivity contribution >= 4 is 0 Å². The van der Waals surface area contributed by atoms with E-state index < -0.39 is 0 Å². The second-order valence-corrected chi connectivity index (χ2v) is 5.39. The molecule has 5 nitrogen and oxygen atoms in total. The van der Waals surface area contributed by atoms with Gasteiger partial charge in [0.1, 0.15) is 5.82 Å². The maximum absolute atomic E-state index is 5.78. The van der Waals surface area contributed by atoms with Crippen LogP contribution in [0, 0.1) is 0 Å². The van der Waals surface area contributed by atoms with Gasteiger partial charge in [0.25, 0.3) is 0 Å². The highest BCUT2D eigenvalue weighted by Crippen LogP contribution is 2.19. The molecule has 1 saturated heterocycles. The van der Waals surface area contributed by atoms with E-state index in [1.165, 1.54) is 0 Å². The van der Waals surface area contributed by atoms with Crippen molar-refractivity contribution in [1.29, 1.82) is 0 Å². The molecular weight excluding hydrogens is 226 g/mol. The predicted octanol–water partition coefficient (Wildman–Crippen LogP) is 0.285. The fourth-order valence-corrected chi connectivity index (χ4v) is 2.30. The summed E-state index contributed by atoms with van der Waals surface area (Å²) in [5.74, 6) is 0.914. The molecule has 1 fully saturated rings. The van der Waals surface area contributed by atoms with E-state index in [1.807, 2.05) is 19.3 Å². The first-order valence-corrected chi connectivity index (χ1v) is 6.51. The highest BCUT2D eigenvalue weighted by molar-refractivity contribution is 5.09. The van der Waals surface area contributed by atoms with Crippen molar-refractivity contribution in [3.05, 3.63) is 23.8 Å². The van der Waals surface area contributed by atoms with Gasteiger partial charge in [0, 0.05) is 38.1 Å². The van der Waals surface area contributed by atoms with Crippen LogP contribution >= 0.6 is 0 Å². The molecule has 5 heteroatoms. The molecule has 0 radical (unpaired) electrons. The van der Waals surface area contributed by atoms with E-state index in [-0.39, 0.29) is 6.04 Å². The van der Waals surface area contributed by atoms with Crippen LogP contribution in [0.15, 0.2) is 12.4 Å². The summed E-state index contributed by atoms with van der Waals surface area (Å²) in [6, 6.07) is 0.455. The number of aromatic nitrogens is 2. The van der Waals surface area contributed by atoms with E-state index in [9.17, 15) is 0 Å². The molecule has 18 heavy (non-hydrogen) atoms. The number of hydrogen-bond donors (Lipinski definition) is 1. The Morgan fingerprint density at radius 3 is 2.61 bits per heavy atom. The molecular formula is C13H23N5. The molecule has 0 spiro atoms. The van der Waals surface area contributed by atoms with Crippen molar-refractivity contribution in [1.82, 2.24) is 19.8 Å². The number of rotatable bonds is 3. The van der Waals surface area contributed by atoms with Gasteiger partial charge in [0.05, 0.1) is 6.04 Å². The molecule has 2 N–H and O–H groups in total. The van der Waals surface area contributed by atoms with Crippen LogP contribution in [0.5, 0.6) is 0 Å².